The normalized spacial score (nSPS) is 19.4. The van der Waals surface area contributed by atoms with Crippen LogP contribution in [0, 0.1) is 0 Å². The van der Waals surface area contributed by atoms with Crippen LogP contribution in [0.5, 0.6) is 0 Å². The van der Waals surface area contributed by atoms with E-state index in [1.54, 1.807) is 121 Å². The van der Waals surface area contributed by atoms with Gasteiger partial charge in [-0.3, -0.25) is 0 Å². The van der Waals surface area contributed by atoms with Gasteiger partial charge < -0.3 is 23.7 Å². The maximum Gasteiger partial charge on any atom is 0.338 e. The lowest BCUT2D eigenvalue weighted by Crippen LogP contribution is -2.59. The second-order valence-electron chi connectivity index (χ2n) is 9.62. The Morgan fingerprint density at radius 3 is 1.33 bits per heavy atom. The molecule has 0 aromatic heterocycles. The van der Waals surface area contributed by atoms with Gasteiger partial charge in [-0.1, -0.05) is 72.8 Å². The highest BCUT2D eigenvalue weighted by atomic mass is 16.7. The first-order valence-corrected chi connectivity index (χ1v) is 13.6. The van der Waals surface area contributed by atoms with Crippen molar-refractivity contribution in [3.63, 3.8) is 0 Å². The number of carbonyl (C=O) groups is 4. The average molecular weight is 581 g/mol. The number of rotatable bonds is 9. The van der Waals surface area contributed by atoms with E-state index in [1.165, 1.54) is 0 Å². The lowest BCUT2D eigenvalue weighted by molar-refractivity contribution is -0.197. The molecule has 1 aliphatic rings. The van der Waals surface area contributed by atoms with Crippen molar-refractivity contribution in [1.29, 1.82) is 0 Å². The molecule has 1 heterocycles. The summed E-state index contributed by atoms with van der Waals surface area (Å²) in [7, 11) is 0. The zero-order chi connectivity index (χ0) is 30.0. The molecule has 218 valence electrons. The van der Waals surface area contributed by atoms with Crippen molar-refractivity contribution < 1.29 is 42.9 Å². The quantitative estimate of drug-likeness (QED) is 0.201. The second-order valence-corrected chi connectivity index (χ2v) is 9.62. The lowest BCUT2D eigenvalue weighted by atomic mass is 9.99. The Hall–Kier alpha value is -5.28. The van der Waals surface area contributed by atoms with Crippen LogP contribution in [0.3, 0.4) is 0 Å². The molecule has 4 aromatic rings. The third-order valence-electron chi connectivity index (χ3n) is 6.69. The molecule has 0 aliphatic carbocycles. The maximum absolute atomic E-state index is 13.2. The van der Waals surface area contributed by atoms with E-state index in [1.807, 2.05) is 0 Å². The third-order valence-corrected chi connectivity index (χ3v) is 6.69. The van der Waals surface area contributed by atoms with E-state index in [2.05, 4.69) is 0 Å². The van der Waals surface area contributed by atoms with Crippen LogP contribution in [0.1, 0.15) is 41.4 Å². The fraction of sp³-hybridized carbons (Fsp3) is 0.176. The predicted octanol–water partition coefficient (Wildman–Crippen LogP) is 4.92. The molecular weight excluding hydrogens is 552 g/mol. The van der Waals surface area contributed by atoms with Gasteiger partial charge in [-0.2, -0.15) is 0 Å². The topological polar surface area (TPSA) is 114 Å². The molecule has 9 heteroatoms. The Morgan fingerprint density at radius 2 is 0.884 bits per heavy atom. The zero-order valence-electron chi connectivity index (χ0n) is 22.9. The number of esters is 4. The molecule has 0 radical (unpaired) electrons. The Labute approximate surface area is 247 Å². The molecule has 5 rings (SSSR count). The first kappa shape index (κ1) is 29.2. The Balaban J connectivity index is 1.44. The van der Waals surface area contributed by atoms with Gasteiger partial charge in [-0.05, 0) is 48.5 Å². The van der Waals surface area contributed by atoms with E-state index in [0.717, 1.165) is 0 Å². The van der Waals surface area contributed by atoms with Gasteiger partial charge in [0, 0.05) is 0 Å². The summed E-state index contributed by atoms with van der Waals surface area (Å²) in [5, 5.41) is 0. The molecule has 43 heavy (non-hydrogen) atoms. The van der Waals surface area contributed by atoms with Gasteiger partial charge in [0.1, 0.15) is 12.7 Å². The largest absolute Gasteiger partial charge is 0.459 e. The molecule has 9 nitrogen and oxygen atoms in total. The van der Waals surface area contributed by atoms with Gasteiger partial charge in [-0.25, -0.2) is 19.2 Å². The van der Waals surface area contributed by atoms with Crippen LogP contribution in [-0.2, 0) is 23.7 Å². The molecule has 1 fully saturated rings. The summed E-state index contributed by atoms with van der Waals surface area (Å²) in [6.45, 7) is -0.558. The summed E-state index contributed by atoms with van der Waals surface area (Å²) in [6.07, 6.45) is -4.83. The van der Waals surface area contributed by atoms with E-state index < -0.39 is 48.3 Å². The number of hydrogen-bond donors (Lipinski definition) is 0. The van der Waals surface area contributed by atoms with Gasteiger partial charge in [-0.15, -0.1) is 0 Å². The highest BCUT2D eigenvalue weighted by molar-refractivity contribution is 5.91. The van der Waals surface area contributed by atoms with Crippen molar-refractivity contribution >= 4 is 23.9 Å². The van der Waals surface area contributed by atoms with E-state index in [-0.39, 0.29) is 29.9 Å². The van der Waals surface area contributed by atoms with Crippen LogP contribution >= 0.6 is 0 Å². The average Bonchev–Trinajstić information content (AvgIpc) is 3.07. The SMILES string of the molecule is O=C(OC[C@H]1OC[C@@H](OC(=O)c2ccccc2)[C@H](OC(=O)c2ccccc2)[C@@H]1OC(=O)c1ccccc1)c1ccccc1. The first-order valence-electron chi connectivity index (χ1n) is 13.6. The number of benzene rings is 4. The summed E-state index contributed by atoms with van der Waals surface area (Å²) in [5.74, 6) is -2.76. The smallest absolute Gasteiger partial charge is 0.338 e. The molecule has 0 bridgehead atoms. The molecule has 0 spiro atoms. The third kappa shape index (κ3) is 7.52. The van der Waals surface area contributed by atoms with Crippen molar-refractivity contribution in [3.8, 4) is 0 Å². The molecule has 1 saturated heterocycles. The van der Waals surface area contributed by atoms with E-state index in [0.29, 0.717) is 5.56 Å². The summed E-state index contributed by atoms with van der Waals surface area (Å²) in [4.78, 5) is 52.2. The van der Waals surface area contributed by atoms with Crippen LogP contribution < -0.4 is 0 Å². The first-order chi connectivity index (χ1) is 21.0. The number of hydrogen-bond acceptors (Lipinski definition) is 9. The fourth-order valence-electron chi connectivity index (χ4n) is 4.49. The monoisotopic (exact) mass is 580 g/mol. The molecule has 4 aromatic carbocycles. The van der Waals surface area contributed by atoms with Gasteiger partial charge >= 0.3 is 23.9 Å². The molecule has 0 N–H and O–H groups in total. The van der Waals surface area contributed by atoms with Crippen LogP contribution in [0.25, 0.3) is 0 Å². The Morgan fingerprint density at radius 1 is 0.512 bits per heavy atom. The predicted molar refractivity (Wildman–Crippen MR) is 153 cm³/mol. The maximum atomic E-state index is 13.2. The highest BCUT2D eigenvalue weighted by Crippen LogP contribution is 2.27. The van der Waals surface area contributed by atoms with Crippen LogP contribution in [0.2, 0.25) is 0 Å². The minimum atomic E-state index is -1.31. The van der Waals surface area contributed by atoms with Crippen molar-refractivity contribution in [3.05, 3.63) is 144 Å². The minimum absolute atomic E-state index is 0.224. The van der Waals surface area contributed by atoms with Crippen molar-refractivity contribution in [1.82, 2.24) is 0 Å². The Kier molecular flexibility index (Phi) is 9.56. The summed E-state index contributed by atoms with van der Waals surface area (Å²) in [6, 6.07) is 33.1. The summed E-state index contributed by atoms with van der Waals surface area (Å²) < 4.78 is 29.0. The number of ether oxygens (including phenoxy) is 5. The van der Waals surface area contributed by atoms with Crippen molar-refractivity contribution in [2.45, 2.75) is 24.4 Å². The highest BCUT2D eigenvalue weighted by Gasteiger charge is 2.48. The van der Waals surface area contributed by atoms with Crippen molar-refractivity contribution in [2.75, 3.05) is 13.2 Å². The molecule has 0 saturated carbocycles. The van der Waals surface area contributed by atoms with Gasteiger partial charge in [0.05, 0.1) is 28.9 Å². The van der Waals surface area contributed by atoms with Crippen LogP contribution in [0.4, 0.5) is 0 Å². The van der Waals surface area contributed by atoms with Gasteiger partial charge in [0.25, 0.3) is 0 Å². The number of carbonyl (C=O) groups excluding carboxylic acids is 4. The zero-order valence-corrected chi connectivity index (χ0v) is 22.9. The second kappa shape index (κ2) is 14.1. The molecule has 0 unspecified atom stereocenters. The molecular formula is C34H28O9. The summed E-state index contributed by atoms with van der Waals surface area (Å²) in [5.41, 5.74) is 1.06. The molecule has 1 aliphatic heterocycles. The van der Waals surface area contributed by atoms with E-state index in [9.17, 15) is 19.2 Å². The van der Waals surface area contributed by atoms with Gasteiger partial charge in [0.2, 0.25) is 0 Å². The van der Waals surface area contributed by atoms with Gasteiger partial charge in [0.15, 0.2) is 18.3 Å². The van der Waals surface area contributed by atoms with Crippen molar-refractivity contribution in [2.24, 2.45) is 0 Å². The minimum Gasteiger partial charge on any atom is -0.459 e. The molecule has 0 amide bonds. The summed E-state index contributed by atoms with van der Waals surface area (Å²) >= 11 is 0. The van der Waals surface area contributed by atoms with E-state index >= 15 is 0 Å². The lowest BCUT2D eigenvalue weighted by Gasteiger charge is -2.40. The Bertz CT molecular complexity index is 1530. The standard InChI is InChI=1S/C34H28O9/c35-31(23-13-5-1-6-14-23)40-21-27-29(42-33(37)25-17-9-3-10-18-25)30(43-34(38)26-19-11-4-12-20-26)28(22-39-27)41-32(36)24-15-7-2-8-16-24/h1-20,27-30H,21-22H2/t27-,28-,29-,30+/m1/s1. The van der Waals surface area contributed by atoms with Crippen LogP contribution in [0.15, 0.2) is 121 Å². The van der Waals surface area contributed by atoms with Crippen LogP contribution in [-0.4, -0.2) is 61.5 Å². The van der Waals surface area contributed by atoms with E-state index in [4.69, 9.17) is 23.7 Å². The molecule has 4 atom stereocenters. The fourth-order valence-corrected chi connectivity index (χ4v) is 4.49.